The molecule has 2 N–H and O–H groups in total. The Bertz CT molecular complexity index is 732. The topological polar surface area (TPSA) is 79.3 Å². The number of halogens is 2. The summed E-state index contributed by atoms with van der Waals surface area (Å²) in [6.45, 7) is 1.76. The van der Waals surface area contributed by atoms with E-state index in [9.17, 15) is 9.59 Å². The Hall–Kier alpha value is -2.11. The molecular weight excluding hydrogens is 315 g/mol. The van der Waals surface area contributed by atoms with Gasteiger partial charge in [0.25, 0.3) is 5.91 Å². The lowest BCUT2D eigenvalue weighted by molar-refractivity contribution is 0.0698. The highest BCUT2D eigenvalue weighted by atomic mass is 35.5. The molecule has 0 fully saturated rings. The summed E-state index contributed by atoms with van der Waals surface area (Å²) in [7, 11) is 0. The van der Waals surface area contributed by atoms with E-state index in [2.05, 4.69) is 10.3 Å². The van der Waals surface area contributed by atoms with E-state index in [1.807, 2.05) is 0 Å². The van der Waals surface area contributed by atoms with Crippen molar-refractivity contribution in [3.63, 3.8) is 0 Å². The van der Waals surface area contributed by atoms with Crippen LogP contribution in [0.1, 0.15) is 26.3 Å². The maximum atomic E-state index is 12.1. The number of amides is 1. The van der Waals surface area contributed by atoms with Gasteiger partial charge in [0, 0.05) is 0 Å². The summed E-state index contributed by atoms with van der Waals surface area (Å²) in [6, 6.07) is 7.54. The van der Waals surface area contributed by atoms with Crippen LogP contribution < -0.4 is 5.32 Å². The Morgan fingerprint density at radius 3 is 2.48 bits per heavy atom. The summed E-state index contributed by atoms with van der Waals surface area (Å²) in [5, 5.41) is 11.8. The van der Waals surface area contributed by atoms with Gasteiger partial charge in [-0.2, -0.15) is 0 Å². The van der Waals surface area contributed by atoms with Crippen molar-refractivity contribution in [2.24, 2.45) is 0 Å². The Labute approximate surface area is 130 Å². The molecule has 1 aromatic carbocycles. The summed E-state index contributed by atoms with van der Waals surface area (Å²) in [6.07, 6.45) is 0. The first-order chi connectivity index (χ1) is 9.88. The van der Waals surface area contributed by atoms with E-state index in [0.29, 0.717) is 0 Å². The number of hydrogen-bond donors (Lipinski definition) is 2. The van der Waals surface area contributed by atoms with Crippen LogP contribution >= 0.6 is 23.2 Å². The number of aryl methyl sites for hydroxylation is 1. The standard InChI is InChI=1S/C14H10Cl2N2O3/c1-7-2-4-10(9(6-7)14(20)21)17-13(19)8-3-5-11(15)18-12(8)16/h2-6H,1H3,(H,17,19)(H,20,21). The van der Waals surface area contributed by atoms with Crippen LogP contribution in [-0.4, -0.2) is 22.0 Å². The Morgan fingerprint density at radius 1 is 1.14 bits per heavy atom. The van der Waals surface area contributed by atoms with Crippen LogP contribution in [0.15, 0.2) is 30.3 Å². The van der Waals surface area contributed by atoms with Crippen molar-refractivity contribution in [1.29, 1.82) is 0 Å². The first-order valence-electron chi connectivity index (χ1n) is 5.86. The smallest absolute Gasteiger partial charge is 0.337 e. The number of aromatic nitrogens is 1. The molecule has 0 radical (unpaired) electrons. The quantitative estimate of drug-likeness (QED) is 0.844. The molecule has 0 saturated heterocycles. The summed E-state index contributed by atoms with van der Waals surface area (Å²) >= 11 is 11.5. The lowest BCUT2D eigenvalue weighted by atomic mass is 10.1. The molecule has 0 aliphatic carbocycles. The number of aromatic carboxylic acids is 1. The zero-order valence-corrected chi connectivity index (χ0v) is 12.4. The molecule has 21 heavy (non-hydrogen) atoms. The normalized spacial score (nSPS) is 10.2. The average Bonchev–Trinajstić information content (AvgIpc) is 2.40. The van der Waals surface area contributed by atoms with Gasteiger partial charge in [0.05, 0.1) is 16.8 Å². The average molecular weight is 325 g/mol. The third-order valence-electron chi connectivity index (χ3n) is 2.71. The number of carbonyl (C=O) groups is 2. The molecule has 1 heterocycles. The van der Waals surface area contributed by atoms with Gasteiger partial charge in [-0.15, -0.1) is 0 Å². The van der Waals surface area contributed by atoms with Gasteiger partial charge in [-0.3, -0.25) is 4.79 Å². The number of nitrogens with one attached hydrogen (secondary N) is 1. The minimum Gasteiger partial charge on any atom is -0.478 e. The number of carboxylic acids is 1. The second-order valence-electron chi connectivity index (χ2n) is 4.28. The minimum absolute atomic E-state index is 0.00129. The van der Waals surface area contributed by atoms with Crippen molar-refractivity contribution < 1.29 is 14.7 Å². The van der Waals surface area contributed by atoms with E-state index in [4.69, 9.17) is 28.3 Å². The van der Waals surface area contributed by atoms with Gasteiger partial charge in [0.1, 0.15) is 10.3 Å². The monoisotopic (exact) mass is 324 g/mol. The van der Waals surface area contributed by atoms with Crippen molar-refractivity contribution in [1.82, 2.24) is 4.98 Å². The molecule has 0 bridgehead atoms. The lowest BCUT2D eigenvalue weighted by Gasteiger charge is -2.10. The molecule has 0 spiro atoms. The van der Waals surface area contributed by atoms with Gasteiger partial charge in [0.15, 0.2) is 0 Å². The molecule has 2 aromatic rings. The van der Waals surface area contributed by atoms with Crippen LogP contribution in [0.25, 0.3) is 0 Å². The van der Waals surface area contributed by atoms with E-state index < -0.39 is 11.9 Å². The third kappa shape index (κ3) is 3.51. The number of nitrogens with zero attached hydrogens (tertiary/aromatic N) is 1. The van der Waals surface area contributed by atoms with E-state index in [1.165, 1.54) is 24.3 Å². The third-order valence-corrected chi connectivity index (χ3v) is 3.21. The minimum atomic E-state index is -1.13. The predicted molar refractivity (Wildman–Crippen MR) is 80.3 cm³/mol. The largest absolute Gasteiger partial charge is 0.478 e. The molecule has 1 amide bonds. The molecule has 0 atom stereocenters. The first-order valence-corrected chi connectivity index (χ1v) is 6.61. The van der Waals surface area contributed by atoms with Crippen molar-refractivity contribution in [3.05, 3.63) is 57.3 Å². The number of carbonyl (C=O) groups excluding carboxylic acids is 1. The Morgan fingerprint density at radius 2 is 1.86 bits per heavy atom. The molecule has 0 unspecified atom stereocenters. The van der Waals surface area contributed by atoms with Gasteiger partial charge in [-0.25, -0.2) is 9.78 Å². The molecule has 2 rings (SSSR count). The van der Waals surface area contributed by atoms with Crippen LogP contribution in [0.5, 0.6) is 0 Å². The number of anilines is 1. The van der Waals surface area contributed by atoms with Crippen LogP contribution in [0.4, 0.5) is 5.69 Å². The highest BCUT2D eigenvalue weighted by Crippen LogP contribution is 2.21. The second-order valence-corrected chi connectivity index (χ2v) is 5.03. The fourth-order valence-electron chi connectivity index (χ4n) is 1.72. The van der Waals surface area contributed by atoms with Gasteiger partial charge in [-0.1, -0.05) is 34.8 Å². The van der Waals surface area contributed by atoms with Crippen molar-refractivity contribution in [2.45, 2.75) is 6.92 Å². The van der Waals surface area contributed by atoms with Crippen molar-refractivity contribution in [2.75, 3.05) is 5.32 Å². The summed E-state index contributed by atoms with van der Waals surface area (Å²) in [5.74, 6) is -1.69. The molecule has 1 aromatic heterocycles. The number of benzene rings is 1. The molecule has 0 aliphatic rings. The van der Waals surface area contributed by atoms with Crippen LogP contribution in [0.3, 0.4) is 0 Å². The Balaban J connectivity index is 2.34. The van der Waals surface area contributed by atoms with E-state index in [0.717, 1.165) is 5.56 Å². The van der Waals surface area contributed by atoms with E-state index in [-0.39, 0.29) is 27.1 Å². The highest BCUT2D eigenvalue weighted by molar-refractivity contribution is 6.35. The predicted octanol–water partition coefficient (Wildman–Crippen LogP) is 3.65. The number of rotatable bonds is 3. The fraction of sp³-hybridized carbons (Fsp3) is 0.0714. The zero-order chi connectivity index (χ0) is 15.6. The molecule has 7 heteroatoms. The zero-order valence-electron chi connectivity index (χ0n) is 10.9. The molecule has 5 nitrogen and oxygen atoms in total. The molecular formula is C14H10Cl2N2O3. The lowest BCUT2D eigenvalue weighted by Crippen LogP contribution is -2.15. The second kappa shape index (κ2) is 6.11. The number of hydrogen-bond acceptors (Lipinski definition) is 3. The number of carboxylic acid groups (broad SMARTS) is 1. The Kier molecular flexibility index (Phi) is 4.45. The van der Waals surface area contributed by atoms with Gasteiger partial charge in [0.2, 0.25) is 0 Å². The molecule has 0 aliphatic heterocycles. The van der Waals surface area contributed by atoms with E-state index in [1.54, 1.807) is 13.0 Å². The van der Waals surface area contributed by atoms with Crippen LogP contribution in [-0.2, 0) is 0 Å². The summed E-state index contributed by atoms with van der Waals surface area (Å²) in [4.78, 5) is 27.1. The summed E-state index contributed by atoms with van der Waals surface area (Å²) in [5.41, 5.74) is 1.07. The van der Waals surface area contributed by atoms with Gasteiger partial charge < -0.3 is 10.4 Å². The van der Waals surface area contributed by atoms with Crippen LogP contribution in [0.2, 0.25) is 10.3 Å². The summed E-state index contributed by atoms with van der Waals surface area (Å²) < 4.78 is 0. The molecule has 0 saturated carbocycles. The maximum absolute atomic E-state index is 12.1. The fourth-order valence-corrected chi connectivity index (χ4v) is 2.15. The highest BCUT2D eigenvalue weighted by Gasteiger charge is 2.16. The van der Waals surface area contributed by atoms with Gasteiger partial charge in [-0.05, 0) is 31.2 Å². The first kappa shape index (κ1) is 15.3. The SMILES string of the molecule is Cc1ccc(NC(=O)c2ccc(Cl)nc2Cl)c(C(=O)O)c1. The maximum Gasteiger partial charge on any atom is 0.337 e. The van der Waals surface area contributed by atoms with Crippen molar-refractivity contribution in [3.8, 4) is 0 Å². The van der Waals surface area contributed by atoms with Crippen molar-refractivity contribution >= 4 is 40.8 Å². The van der Waals surface area contributed by atoms with Crippen LogP contribution in [0, 0.1) is 6.92 Å². The number of pyridine rings is 1. The van der Waals surface area contributed by atoms with Gasteiger partial charge >= 0.3 is 5.97 Å². The molecule has 108 valence electrons. The van der Waals surface area contributed by atoms with E-state index >= 15 is 0 Å².